The highest BCUT2D eigenvalue weighted by Gasteiger charge is 2.11. The number of carbonyl (C=O) groups excluding carboxylic acids is 1. The van der Waals surface area contributed by atoms with Gasteiger partial charge in [0, 0.05) is 12.1 Å². The van der Waals surface area contributed by atoms with Crippen molar-refractivity contribution in [3.63, 3.8) is 0 Å². The summed E-state index contributed by atoms with van der Waals surface area (Å²) in [7, 11) is 0. The van der Waals surface area contributed by atoms with E-state index in [1.54, 1.807) is 24.3 Å². The van der Waals surface area contributed by atoms with Crippen LogP contribution in [0.4, 0.5) is 0 Å². The molecule has 4 nitrogen and oxygen atoms in total. The molecule has 0 aliphatic heterocycles. The molecule has 1 heterocycles. The Bertz CT molecular complexity index is 764. The Balaban J connectivity index is 1.54. The molecule has 24 heavy (non-hydrogen) atoms. The van der Waals surface area contributed by atoms with Crippen molar-refractivity contribution >= 4 is 5.91 Å². The third kappa shape index (κ3) is 3.91. The van der Waals surface area contributed by atoms with Gasteiger partial charge in [0.05, 0.1) is 6.26 Å². The predicted molar refractivity (Wildman–Crippen MR) is 92.5 cm³/mol. The average Bonchev–Trinajstić information content (AvgIpc) is 3.17. The number of aliphatic hydroxyl groups excluding tert-OH is 1. The highest BCUT2D eigenvalue weighted by Crippen LogP contribution is 2.19. The summed E-state index contributed by atoms with van der Waals surface area (Å²) >= 11 is 0. The lowest BCUT2D eigenvalue weighted by molar-refractivity contribution is 0.0936. The van der Waals surface area contributed by atoms with Crippen molar-refractivity contribution in [2.75, 3.05) is 6.54 Å². The summed E-state index contributed by atoms with van der Waals surface area (Å²) in [6.07, 6.45) is 1.22. The van der Waals surface area contributed by atoms with Gasteiger partial charge in [-0.25, -0.2) is 0 Å². The quantitative estimate of drug-likeness (QED) is 0.726. The van der Waals surface area contributed by atoms with Crippen LogP contribution in [0.2, 0.25) is 0 Å². The normalized spacial score (nSPS) is 11.9. The molecule has 0 fully saturated rings. The lowest BCUT2D eigenvalue weighted by atomic mass is 10.0. The molecule has 1 atom stereocenters. The maximum Gasteiger partial charge on any atom is 0.251 e. The first kappa shape index (κ1) is 16.0. The molecule has 0 aliphatic rings. The number of carbonyl (C=O) groups is 1. The third-order valence-corrected chi connectivity index (χ3v) is 3.83. The molecular weight excluding hydrogens is 302 g/mol. The Morgan fingerprint density at radius 3 is 2.33 bits per heavy atom. The molecular formula is C20H19NO3. The average molecular weight is 321 g/mol. The predicted octanol–water partition coefficient (Wildman–Crippen LogP) is 3.80. The summed E-state index contributed by atoms with van der Waals surface area (Å²) in [5, 5.41) is 12.7. The summed E-state index contributed by atoms with van der Waals surface area (Å²) in [4.78, 5) is 12.1. The van der Waals surface area contributed by atoms with Crippen LogP contribution in [0.5, 0.6) is 0 Å². The number of nitrogens with one attached hydrogen (secondary N) is 1. The van der Waals surface area contributed by atoms with Crippen LogP contribution in [0.15, 0.2) is 77.4 Å². The molecule has 0 spiro atoms. The van der Waals surface area contributed by atoms with Gasteiger partial charge >= 0.3 is 0 Å². The number of hydrogen-bond acceptors (Lipinski definition) is 3. The minimum absolute atomic E-state index is 0.152. The summed E-state index contributed by atoms with van der Waals surface area (Å²) in [5.74, 6) is 0.359. The monoisotopic (exact) mass is 321 g/mol. The molecule has 1 unspecified atom stereocenters. The van der Waals surface area contributed by atoms with Crippen LogP contribution in [0.1, 0.15) is 28.6 Å². The third-order valence-electron chi connectivity index (χ3n) is 3.83. The molecule has 0 radical (unpaired) electrons. The molecule has 2 N–H and O–H groups in total. The van der Waals surface area contributed by atoms with Crippen LogP contribution < -0.4 is 5.32 Å². The van der Waals surface area contributed by atoms with E-state index in [0.717, 1.165) is 11.1 Å². The van der Waals surface area contributed by atoms with Crippen molar-refractivity contribution in [2.45, 2.75) is 12.5 Å². The lowest BCUT2D eigenvalue weighted by Gasteiger charge is -2.09. The van der Waals surface area contributed by atoms with E-state index in [4.69, 9.17) is 4.42 Å². The molecule has 0 saturated carbocycles. The van der Waals surface area contributed by atoms with E-state index in [0.29, 0.717) is 24.3 Å². The lowest BCUT2D eigenvalue weighted by Crippen LogP contribution is -2.25. The van der Waals surface area contributed by atoms with Crippen LogP contribution >= 0.6 is 0 Å². The fraction of sp³-hybridized carbons (Fsp3) is 0.150. The van der Waals surface area contributed by atoms with E-state index in [1.165, 1.54) is 6.26 Å². The van der Waals surface area contributed by atoms with Crippen LogP contribution in [0.3, 0.4) is 0 Å². The fourth-order valence-corrected chi connectivity index (χ4v) is 2.49. The number of rotatable bonds is 6. The van der Waals surface area contributed by atoms with Crippen molar-refractivity contribution in [2.24, 2.45) is 0 Å². The first-order valence-electron chi connectivity index (χ1n) is 7.89. The van der Waals surface area contributed by atoms with E-state index in [2.05, 4.69) is 5.32 Å². The largest absolute Gasteiger partial charge is 0.467 e. The molecule has 0 saturated heterocycles. The SMILES string of the molecule is O=C(NCCC(O)c1ccco1)c1ccc(-c2ccccc2)cc1. The highest BCUT2D eigenvalue weighted by atomic mass is 16.4. The number of aliphatic hydroxyl groups is 1. The van der Waals surface area contributed by atoms with Gasteiger partial charge in [0.2, 0.25) is 0 Å². The molecule has 3 aromatic rings. The number of benzene rings is 2. The Kier molecular flexibility index (Phi) is 5.08. The topological polar surface area (TPSA) is 62.5 Å². The van der Waals surface area contributed by atoms with Crippen LogP contribution in [0, 0.1) is 0 Å². The van der Waals surface area contributed by atoms with Crippen LogP contribution in [-0.2, 0) is 0 Å². The maximum absolute atomic E-state index is 12.1. The van der Waals surface area contributed by atoms with Crippen molar-refractivity contribution in [3.05, 3.63) is 84.3 Å². The summed E-state index contributed by atoms with van der Waals surface area (Å²) in [5.41, 5.74) is 2.79. The highest BCUT2D eigenvalue weighted by molar-refractivity contribution is 5.94. The van der Waals surface area contributed by atoms with Gasteiger partial charge in [-0.05, 0) is 41.8 Å². The smallest absolute Gasteiger partial charge is 0.251 e. The Morgan fingerprint density at radius 1 is 0.958 bits per heavy atom. The van der Waals surface area contributed by atoms with E-state index >= 15 is 0 Å². The van der Waals surface area contributed by atoms with Gasteiger partial charge in [0.25, 0.3) is 5.91 Å². The van der Waals surface area contributed by atoms with Gasteiger partial charge < -0.3 is 14.8 Å². The standard InChI is InChI=1S/C20H19NO3/c22-18(19-7-4-14-24-19)12-13-21-20(23)17-10-8-16(9-11-17)15-5-2-1-3-6-15/h1-11,14,18,22H,12-13H2,(H,21,23). The van der Waals surface area contributed by atoms with Crippen molar-refractivity contribution in [1.29, 1.82) is 0 Å². The van der Waals surface area contributed by atoms with E-state index in [9.17, 15) is 9.90 Å². The van der Waals surface area contributed by atoms with Crippen molar-refractivity contribution in [1.82, 2.24) is 5.32 Å². The van der Waals surface area contributed by atoms with Crippen LogP contribution in [0.25, 0.3) is 11.1 Å². The number of hydrogen-bond donors (Lipinski definition) is 2. The first-order valence-corrected chi connectivity index (χ1v) is 7.89. The molecule has 3 rings (SSSR count). The summed E-state index contributed by atoms with van der Waals surface area (Å²) in [6.45, 7) is 0.376. The molecule has 4 heteroatoms. The zero-order chi connectivity index (χ0) is 16.8. The molecule has 122 valence electrons. The summed E-state index contributed by atoms with van der Waals surface area (Å²) in [6, 6.07) is 20.9. The van der Waals surface area contributed by atoms with Crippen LogP contribution in [-0.4, -0.2) is 17.6 Å². The molecule has 2 aromatic carbocycles. The minimum atomic E-state index is -0.708. The van der Waals surface area contributed by atoms with Gasteiger partial charge in [-0.1, -0.05) is 42.5 Å². The summed E-state index contributed by atoms with van der Waals surface area (Å²) < 4.78 is 5.13. The van der Waals surface area contributed by atoms with Crippen molar-refractivity contribution in [3.8, 4) is 11.1 Å². The zero-order valence-corrected chi connectivity index (χ0v) is 13.2. The second-order valence-electron chi connectivity index (χ2n) is 5.52. The van der Waals surface area contributed by atoms with E-state index < -0.39 is 6.10 Å². The Hall–Kier alpha value is -2.85. The molecule has 1 aromatic heterocycles. The second kappa shape index (κ2) is 7.62. The maximum atomic E-state index is 12.1. The number of furan rings is 1. The van der Waals surface area contributed by atoms with E-state index in [1.807, 2.05) is 42.5 Å². The van der Waals surface area contributed by atoms with Gasteiger partial charge in [-0.2, -0.15) is 0 Å². The van der Waals surface area contributed by atoms with Crippen molar-refractivity contribution < 1.29 is 14.3 Å². The minimum Gasteiger partial charge on any atom is -0.467 e. The fourth-order valence-electron chi connectivity index (χ4n) is 2.49. The number of amides is 1. The molecule has 0 aliphatic carbocycles. The Labute approximate surface area is 140 Å². The molecule has 0 bridgehead atoms. The van der Waals surface area contributed by atoms with Gasteiger partial charge in [0.1, 0.15) is 11.9 Å². The zero-order valence-electron chi connectivity index (χ0n) is 13.2. The first-order chi connectivity index (χ1) is 11.7. The Morgan fingerprint density at radius 2 is 1.67 bits per heavy atom. The van der Waals surface area contributed by atoms with Gasteiger partial charge in [0.15, 0.2) is 0 Å². The van der Waals surface area contributed by atoms with E-state index in [-0.39, 0.29) is 5.91 Å². The van der Waals surface area contributed by atoms with Gasteiger partial charge in [-0.3, -0.25) is 4.79 Å². The second-order valence-corrected chi connectivity index (χ2v) is 5.52. The molecule has 1 amide bonds. The van der Waals surface area contributed by atoms with Gasteiger partial charge in [-0.15, -0.1) is 0 Å².